The van der Waals surface area contributed by atoms with Crippen LogP contribution in [0.15, 0.2) is 6.07 Å². The highest BCUT2D eigenvalue weighted by Gasteiger charge is 2.28. The summed E-state index contributed by atoms with van der Waals surface area (Å²) in [7, 11) is 0. The van der Waals surface area contributed by atoms with Crippen molar-refractivity contribution in [3.63, 3.8) is 0 Å². The highest BCUT2D eigenvalue weighted by atomic mass is 32.1. The lowest BCUT2D eigenvalue weighted by Gasteiger charge is -2.08. The van der Waals surface area contributed by atoms with E-state index in [2.05, 4.69) is 5.32 Å². The number of fused-ring (bicyclic) bond motifs is 1. The van der Waals surface area contributed by atoms with Gasteiger partial charge in [0, 0.05) is 14.6 Å². The van der Waals surface area contributed by atoms with E-state index in [4.69, 9.17) is 9.47 Å². The van der Waals surface area contributed by atoms with Gasteiger partial charge in [-0.3, -0.25) is 4.79 Å². The van der Waals surface area contributed by atoms with Crippen LogP contribution in [0.5, 0.6) is 0 Å². The lowest BCUT2D eigenvalue weighted by molar-refractivity contribution is -0.119. The van der Waals surface area contributed by atoms with Gasteiger partial charge in [0.05, 0.1) is 17.7 Å². The van der Waals surface area contributed by atoms with E-state index in [1.807, 2.05) is 13.8 Å². The number of thiophene rings is 2. The Balaban J connectivity index is 1.67. The van der Waals surface area contributed by atoms with Crippen molar-refractivity contribution in [2.24, 2.45) is 0 Å². The molecule has 6 nitrogen and oxygen atoms in total. The summed E-state index contributed by atoms with van der Waals surface area (Å²) in [6.07, 6.45) is 2.70. The molecule has 3 rings (SSSR count). The minimum absolute atomic E-state index is 0.272. The van der Waals surface area contributed by atoms with E-state index in [0.29, 0.717) is 16.1 Å². The van der Waals surface area contributed by atoms with Crippen LogP contribution >= 0.6 is 22.7 Å². The van der Waals surface area contributed by atoms with Crippen LogP contribution in [0.3, 0.4) is 0 Å². The molecule has 0 unspecified atom stereocenters. The summed E-state index contributed by atoms with van der Waals surface area (Å²) in [5, 5.41) is 3.18. The van der Waals surface area contributed by atoms with E-state index in [0.717, 1.165) is 39.5 Å². The van der Waals surface area contributed by atoms with Crippen LogP contribution in [-0.4, -0.2) is 31.1 Å². The van der Waals surface area contributed by atoms with Gasteiger partial charge in [-0.25, -0.2) is 9.59 Å². The zero-order valence-electron chi connectivity index (χ0n) is 15.5. The normalized spacial score (nSPS) is 12.6. The molecule has 1 amide bonds. The second-order valence-corrected chi connectivity index (χ2v) is 8.80. The van der Waals surface area contributed by atoms with Crippen molar-refractivity contribution in [1.82, 2.24) is 0 Å². The van der Waals surface area contributed by atoms with Gasteiger partial charge in [-0.2, -0.15) is 0 Å². The summed E-state index contributed by atoms with van der Waals surface area (Å²) in [6.45, 7) is 5.36. The first-order valence-electron chi connectivity index (χ1n) is 8.76. The van der Waals surface area contributed by atoms with E-state index in [-0.39, 0.29) is 6.61 Å². The Morgan fingerprint density at radius 1 is 1.11 bits per heavy atom. The smallest absolute Gasteiger partial charge is 0.341 e. The molecule has 0 atom stereocenters. The van der Waals surface area contributed by atoms with Gasteiger partial charge in [0.15, 0.2) is 6.61 Å². The van der Waals surface area contributed by atoms with E-state index < -0.39 is 24.5 Å². The molecule has 0 fully saturated rings. The molecule has 2 aromatic rings. The molecule has 1 aliphatic rings. The van der Waals surface area contributed by atoms with Crippen LogP contribution < -0.4 is 5.32 Å². The number of aryl methyl sites for hydroxylation is 3. The number of carbonyl (C=O) groups excluding carboxylic acids is 3. The van der Waals surface area contributed by atoms with E-state index in [9.17, 15) is 14.4 Å². The Morgan fingerprint density at radius 3 is 2.56 bits per heavy atom. The zero-order valence-corrected chi connectivity index (χ0v) is 17.1. The van der Waals surface area contributed by atoms with Crippen molar-refractivity contribution in [3.8, 4) is 0 Å². The number of hydrogen-bond acceptors (Lipinski definition) is 7. The Morgan fingerprint density at radius 2 is 1.89 bits per heavy atom. The Hall–Kier alpha value is -2.19. The number of ether oxygens (including phenoxy) is 2. The molecule has 1 N–H and O–H groups in total. The highest BCUT2D eigenvalue weighted by Crippen LogP contribution is 2.39. The summed E-state index contributed by atoms with van der Waals surface area (Å²) in [4.78, 5) is 39.7. The average molecular weight is 408 g/mol. The van der Waals surface area contributed by atoms with Crippen molar-refractivity contribution in [1.29, 1.82) is 0 Å². The molecule has 0 aromatic carbocycles. The van der Waals surface area contributed by atoms with Crippen LogP contribution in [0.4, 0.5) is 5.00 Å². The second-order valence-electron chi connectivity index (χ2n) is 6.23. The number of carbonyl (C=O) groups is 3. The summed E-state index contributed by atoms with van der Waals surface area (Å²) >= 11 is 2.90. The summed E-state index contributed by atoms with van der Waals surface area (Å²) in [5.74, 6) is -1.42. The van der Waals surface area contributed by atoms with Gasteiger partial charge in [-0.05, 0) is 51.7 Å². The fraction of sp³-hybridized carbons (Fsp3) is 0.421. The molecule has 0 saturated heterocycles. The molecular formula is C19H21NO5S2. The first-order valence-corrected chi connectivity index (χ1v) is 10.4. The minimum Gasteiger partial charge on any atom is -0.462 e. The van der Waals surface area contributed by atoms with Gasteiger partial charge in [-0.15, -0.1) is 22.7 Å². The quantitative estimate of drug-likeness (QED) is 0.735. The number of rotatable bonds is 6. The monoisotopic (exact) mass is 407 g/mol. The molecule has 1 aliphatic carbocycles. The molecule has 8 heteroatoms. The molecule has 0 saturated carbocycles. The van der Waals surface area contributed by atoms with E-state index in [1.165, 1.54) is 22.7 Å². The van der Waals surface area contributed by atoms with Gasteiger partial charge in [-0.1, -0.05) is 0 Å². The van der Waals surface area contributed by atoms with Gasteiger partial charge in [0.1, 0.15) is 5.00 Å². The Labute approximate surface area is 165 Å². The lowest BCUT2D eigenvalue weighted by atomic mass is 10.1. The highest BCUT2D eigenvalue weighted by molar-refractivity contribution is 7.17. The third-order valence-corrected chi connectivity index (χ3v) is 6.42. The van der Waals surface area contributed by atoms with Gasteiger partial charge < -0.3 is 14.8 Å². The van der Waals surface area contributed by atoms with Crippen LogP contribution in [0.1, 0.15) is 54.3 Å². The summed E-state index contributed by atoms with van der Waals surface area (Å²) in [5.41, 5.74) is 1.89. The predicted molar refractivity (Wildman–Crippen MR) is 105 cm³/mol. The summed E-state index contributed by atoms with van der Waals surface area (Å²) < 4.78 is 10.3. The largest absolute Gasteiger partial charge is 0.462 e. The molecule has 2 heterocycles. The molecule has 0 radical (unpaired) electrons. The van der Waals surface area contributed by atoms with Gasteiger partial charge in [0.25, 0.3) is 5.91 Å². The minimum atomic E-state index is -0.522. The predicted octanol–water partition coefficient (Wildman–Crippen LogP) is 3.89. The first kappa shape index (κ1) is 19.6. The van der Waals surface area contributed by atoms with Crippen LogP contribution in [0.2, 0.25) is 0 Å². The molecular weight excluding hydrogens is 386 g/mol. The third kappa shape index (κ3) is 4.22. The van der Waals surface area contributed by atoms with Crippen LogP contribution in [0, 0.1) is 13.8 Å². The maximum atomic E-state index is 12.3. The third-order valence-electron chi connectivity index (χ3n) is 4.25. The molecule has 0 aliphatic heterocycles. The van der Waals surface area contributed by atoms with Crippen molar-refractivity contribution in [2.45, 2.75) is 40.0 Å². The molecule has 0 bridgehead atoms. The van der Waals surface area contributed by atoms with Crippen molar-refractivity contribution < 1.29 is 23.9 Å². The maximum Gasteiger partial charge on any atom is 0.341 e. The Bertz CT molecular complexity index is 896. The van der Waals surface area contributed by atoms with Crippen molar-refractivity contribution in [3.05, 3.63) is 37.4 Å². The number of esters is 2. The van der Waals surface area contributed by atoms with Crippen LogP contribution in [-0.2, 0) is 27.1 Å². The standard InChI is InChI=1S/C19H21NO5S2/c1-4-24-19(23)16-12-6-5-7-14(12)27-17(16)20-15(21)9-25-18(22)13-8-10(2)26-11(13)3/h8H,4-7,9H2,1-3H3,(H,20,21). The van der Waals surface area contributed by atoms with E-state index in [1.54, 1.807) is 13.0 Å². The van der Waals surface area contributed by atoms with Crippen molar-refractivity contribution >= 4 is 45.5 Å². The summed E-state index contributed by atoms with van der Waals surface area (Å²) in [6, 6.07) is 1.75. The molecule has 0 spiro atoms. The number of nitrogens with one attached hydrogen (secondary N) is 1. The van der Waals surface area contributed by atoms with Gasteiger partial charge in [0.2, 0.25) is 0 Å². The van der Waals surface area contributed by atoms with Crippen molar-refractivity contribution in [2.75, 3.05) is 18.5 Å². The fourth-order valence-electron chi connectivity index (χ4n) is 3.12. The molecule has 27 heavy (non-hydrogen) atoms. The molecule has 144 valence electrons. The maximum absolute atomic E-state index is 12.3. The first-order chi connectivity index (χ1) is 12.9. The Kier molecular flexibility index (Phi) is 5.96. The number of hydrogen-bond donors (Lipinski definition) is 1. The van der Waals surface area contributed by atoms with E-state index >= 15 is 0 Å². The zero-order chi connectivity index (χ0) is 19.6. The lowest BCUT2D eigenvalue weighted by Crippen LogP contribution is -2.22. The number of amides is 1. The van der Waals surface area contributed by atoms with Crippen LogP contribution in [0.25, 0.3) is 0 Å². The SMILES string of the molecule is CCOC(=O)c1c(NC(=O)COC(=O)c2cc(C)sc2C)sc2c1CCC2. The topological polar surface area (TPSA) is 81.7 Å². The number of anilines is 1. The fourth-order valence-corrected chi connectivity index (χ4v) is 5.32. The average Bonchev–Trinajstić information content (AvgIpc) is 3.27. The van der Waals surface area contributed by atoms with Gasteiger partial charge >= 0.3 is 11.9 Å². The second kappa shape index (κ2) is 8.22. The molecule has 2 aromatic heterocycles.